The van der Waals surface area contributed by atoms with Gasteiger partial charge in [0.1, 0.15) is 5.75 Å². The summed E-state index contributed by atoms with van der Waals surface area (Å²) in [4.78, 5) is 14.2. The summed E-state index contributed by atoms with van der Waals surface area (Å²) in [6, 6.07) is 1.86. The van der Waals surface area contributed by atoms with Gasteiger partial charge in [0.05, 0.1) is 22.1 Å². The van der Waals surface area contributed by atoms with Crippen molar-refractivity contribution in [3.63, 3.8) is 0 Å². The van der Waals surface area contributed by atoms with Crippen LogP contribution < -0.4 is 10.1 Å². The number of carbonyl (C=O) groups is 1. The molecule has 1 aromatic rings. The van der Waals surface area contributed by atoms with Crippen LogP contribution in [0.15, 0.2) is 25.7 Å². The van der Waals surface area contributed by atoms with Crippen molar-refractivity contribution in [3.05, 3.63) is 31.2 Å². The van der Waals surface area contributed by atoms with Crippen LogP contribution >= 0.6 is 47.8 Å². The maximum atomic E-state index is 12.1. The first-order valence-electron chi connectivity index (χ1n) is 6.84. The van der Waals surface area contributed by atoms with Crippen LogP contribution in [-0.4, -0.2) is 37.6 Å². The summed E-state index contributed by atoms with van der Waals surface area (Å²) in [6.07, 6.45) is 5.50. The Morgan fingerprint density at radius 1 is 1.36 bits per heavy atom. The molecule has 0 aromatic heterocycles. The second-order valence-electron chi connectivity index (χ2n) is 5.09. The molecular weight excluding hydrogens is 480 g/mol. The summed E-state index contributed by atoms with van der Waals surface area (Å²) in [7, 11) is 3.60. The van der Waals surface area contributed by atoms with Crippen molar-refractivity contribution in [1.82, 2.24) is 10.2 Å². The molecule has 1 heterocycles. The van der Waals surface area contributed by atoms with Gasteiger partial charge in [-0.2, -0.15) is 0 Å². The Bertz CT molecular complexity index is 605. The van der Waals surface area contributed by atoms with E-state index in [0.717, 1.165) is 44.1 Å². The Morgan fingerprint density at radius 3 is 2.68 bits per heavy atom. The van der Waals surface area contributed by atoms with Crippen molar-refractivity contribution in [2.75, 3.05) is 20.7 Å². The lowest BCUT2D eigenvalue weighted by Crippen LogP contribution is -2.39. The molecule has 22 heavy (non-hydrogen) atoms. The number of halogens is 3. The van der Waals surface area contributed by atoms with E-state index in [1.807, 2.05) is 19.2 Å². The number of nitrogens with zero attached hydrogens (tertiary/aromatic N) is 1. The molecule has 7 heteroatoms. The summed E-state index contributed by atoms with van der Waals surface area (Å²) >= 11 is 10.5. The SMILES string of the molecule is COc1cc(C=CNC(=O)C2CCCN2C)c(Br)c(Br)c1Br. The molecule has 1 atom stereocenters. The average molecular weight is 497 g/mol. The molecule has 1 aliphatic rings. The van der Waals surface area contributed by atoms with E-state index in [9.17, 15) is 4.79 Å². The van der Waals surface area contributed by atoms with Gasteiger partial charge < -0.3 is 10.1 Å². The van der Waals surface area contributed by atoms with Crippen LogP contribution in [0.25, 0.3) is 6.08 Å². The highest BCUT2D eigenvalue weighted by Crippen LogP contribution is 2.40. The molecule has 1 N–H and O–H groups in total. The molecule has 0 bridgehead atoms. The predicted molar refractivity (Wildman–Crippen MR) is 98.9 cm³/mol. The number of benzene rings is 1. The van der Waals surface area contributed by atoms with Crippen LogP contribution in [0.2, 0.25) is 0 Å². The number of ether oxygens (including phenoxy) is 1. The normalized spacial score (nSPS) is 18.9. The zero-order valence-corrected chi connectivity index (χ0v) is 17.1. The van der Waals surface area contributed by atoms with Gasteiger partial charge in [-0.05, 0) is 91.9 Å². The second kappa shape index (κ2) is 7.95. The van der Waals surface area contributed by atoms with Gasteiger partial charge in [-0.1, -0.05) is 0 Å². The maximum absolute atomic E-state index is 12.1. The molecule has 1 unspecified atom stereocenters. The first-order valence-corrected chi connectivity index (χ1v) is 9.22. The summed E-state index contributed by atoms with van der Waals surface area (Å²) < 4.78 is 7.92. The van der Waals surface area contributed by atoms with E-state index in [2.05, 4.69) is 58.0 Å². The van der Waals surface area contributed by atoms with Gasteiger partial charge in [0.25, 0.3) is 0 Å². The van der Waals surface area contributed by atoms with Crippen LogP contribution in [0.1, 0.15) is 18.4 Å². The predicted octanol–water partition coefficient (Wildman–Crippen LogP) is 4.16. The first kappa shape index (κ1) is 18.0. The quantitative estimate of drug-likeness (QED) is 0.636. The topological polar surface area (TPSA) is 41.6 Å². The van der Waals surface area contributed by atoms with Gasteiger partial charge in [-0.25, -0.2) is 0 Å². The Labute approximate surface area is 155 Å². The lowest BCUT2D eigenvalue weighted by molar-refractivity contribution is -0.124. The molecule has 1 saturated heterocycles. The van der Waals surface area contributed by atoms with Gasteiger partial charge in [0, 0.05) is 10.7 Å². The van der Waals surface area contributed by atoms with Crippen molar-refractivity contribution in [2.45, 2.75) is 18.9 Å². The number of hydrogen-bond donors (Lipinski definition) is 1. The highest BCUT2D eigenvalue weighted by atomic mass is 79.9. The first-order chi connectivity index (χ1) is 10.5. The molecular formula is C15H17Br3N2O2. The molecule has 120 valence electrons. The molecule has 0 aliphatic carbocycles. The van der Waals surface area contributed by atoms with E-state index in [1.165, 1.54) is 0 Å². The van der Waals surface area contributed by atoms with Crippen LogP contribution in [0, 0.1) is 0 Å². The van der Waals surface area contributed by atoms with Gasteiger partial charge >= 0.3 is 0 Å². The minimum Gasteiger partial charge on any atom is -0.496 e. The third-order valence-corrected chi connectivity index (χ3v) is 7.17. The standard InChI is InChI=1S/C15H17Br3N2O2/c1-20-7-3-4-10(20)15(21)19-6-5-9-8-11(22-2)13(17)14(18)12(9)16/h5-6,8,10H,3-4,7H2,1-2H3,(H,19,21). The Morgan fingerprint density at radius 2 is 2.09 bits per heavy atom. The monoisotopic (exact) mass is 494 g/mol. The fraction of sp³-hybridized carbons (Fsp3) is 0.400. The lowest BCUT2D eigenvalue weighted by Gasteiger charge is -2.17. The molecule has 4 nitrogen and oxygen atoms in total. The minimum atomic E-state index is -0.0284. The fourth-order valence-corrected chi connectivity index (χ4v) is 4.03. The molecule has 0 radical (unpaired) electrons. The Balaban J connectivity index is 2.10. The highest BCUT2D eigenvalue weighted by molar-refractivity contribution is 9.14. The number of hydrogen-bond acceptors (Lipinski definition) is 3. The van der Waals surface area contributed by atoms with Crippen molar-refractivity contribution in [2.24, 2.45) is 0 Å². The van der Waals surface area contributed by atoms with Gasteiger partial charge in [0.2, 0.25) is 5.91 Å². The summed E-state index contributed by atoms with van der Waals surface area (Å²) in [5.41, 5.74) is 0.909. The van der Waals surface area contributed by atoms with Gasteiger partial charge in [0.15, 0.2) is 0 Å². The number of rotatable bonds is 4. The molecule has 0 spiro atoms. The Hall–Kier alpha value is -0.370. The van der Waals surface area contributed by atoms with Crippen LogP contribution in [0.3, 0.4) is 0 Å². The number of nitrogens with one attached hydrogen (secondary N) is 1. The summed E-state index contributed by atoms with van der Waals surface area (Å²) in [5.74, 6) is 0.757. The van der Waals surface area contributed by atoms with Crippen LogP contribution in [-0.2, 0) is 4.79 Å². The van der Waals surface area contributed by atoms with Gasteiger partial charge in [-0.15, -0.1) is 0 Å². The van der Waals surface area contributed by atoms with E-state index in [0.29, 0.717) is 0 Å². The molecule has 2 rings (SSSR count). The number of likely N-dealkylation sites (N-methyl/N-ethyl adjacent to an activating group) is 1. The van der Waals surface area contributed by atoms with Crippen molar-refractivity contribution >= 4 is 59.8 Å². The van der Waals surface area contributed by atoms with Crippen LogP contribution in [0.5, 0.6) is 5.75 Å². The van der Waals surface area contributed by atoms with E-state index in [1.54, 1.807) is 13.3 Å². The molecule has 1 amide bonds. The van der Waals surface area contributed by atoms with Crippen molar-refractivity contribution in [3.8, 4) is 5.75 Å². The largest absolute Gasteiger partial charge is 0.496 e. The summed E-state index contributed by atoms with van der Waals surface area (Å²) in [6.45, 7) is 0.976. The number of methoxy groups -OCH3 is 1. The third kappa shape index (κ3) is 3.93. The minimum absolute atomic E-state index is 0.0284. The molecule has 1 fully saturated rings. The van der Waals surface area contributed by atoms with E-state index in [4.69, 9.17) is 4.74 Å². The average Bonchev–Trinajstić information content (AvgIpc) is 2.93. The third-order valence-electron chi connectivity index (χ3n) is 3.67. The number of carbonyl (C=O) groups excluding carboxylic acids is 1. The maximum Gasteiger partial charge on any atom is 0.241 e. The van der Waals surface area contributed by atoms with E-state index in [-0.39, 0.29) is 11.9 Å². The van der Waals surface area contributed by atoms with E-state index < -0.39 is 0 Å². The number of likely N-dealkylation sites (tertiary alicyclic amines) is 1. The Kier molecular flexibility index (Phi) is 6.49. The number of amides is 1. The smallest absolute Gasteiger partial charge is 0.241 e. The molecule has 1 aromatic carbocycles. The van der Waals surface area contributed by atoms with Crippen molar-refractivity contribution < 1.29 is 9.53 Å². The highest BCUT2D eigenvalue weighted by Gasteiger charge is 2.26. The molecule has 0 saturated carbocycles. The van der Waals surface area contributed by atoms with E-state index >= 15 is 0 Å². The second-order valence-corrected chi connectivity index (χ2v) is 7.47. The zero-order chi connectivity index (χ0) is 16.3. The summed E-state index contributed by atoms with van der Waals surface area (Å²) in [5, 5.41) is 2.85. The lowest BCUT2D eigenvalue weighted by atomic mass is 10.2. The van der Waals surface area contributed by atoms with Crippen molar-refractivity contribution in [1.29, 1.82) is 0 Å². The fourth-order valence-electron chi connectivity index (χ4n) is 2.42. The van der Waals surface area contributed by atoms with Gasteiger partial charge in [-0.3, -0.25) is 9.69 Å². The molecule has 1 aliphatic heterocycles. The zero-order valence-electron chi connectivity index (χ0n) is 12.3. The van der Waals surface area contributed by atoms with Crippen LogP contribution in [0.4, 0.5) is 0 Å².